The number of ether oxygens (including phenoxy) is 2. The van der Waals surface area contributed by atoms with Crippen molar-refractivity contribution in [3.8, 4) is 17.2 Å². The Labute approximate surface area is 218 Å². The van der Waals surface area contributed by atoms with E-state index in [0.717, 1.165) is 16.7 Å². The molecule has 0 unspecified atom stereocenters. The Morgan fingerprint density at radius 3 is 2.53 bits per heavy atom. The van der Waals surface area contributed by atoms with Gasteiger partial charge in [-0.05, 0) is 54.8 Å². The van der Waals surface area contributed by atoms with Gasteiger partial charge in [-0.15, -0.1) is 0 Å². The summed E-state index contributed by atoms with van der Waals surface area (Å²) < 4.78 is 10.9. The van der Waals surface area contributed by atoms with Crippen LogP contribution < -0.4 is 20.1 Å². The van der Waals surface area contributed by atoms with E-state index in [4.69, 9.17) is 9.47 Å². The largest absolute Gasteiger partial charge is 0.508 e. The van der Waals surface area contributed by atoms with Gasteiger partial charge in [-0.2, -0.15) is 0 Å². The molecule has 0 aliphatic carbocycles. The summed E-state index contributed by atoms with van der Waals surface area (Å²) in [7, 11) is 0. The summed E-state index contributed by atoms with van der Waals surface area (Å²) in [5.74, 6) is -1.29. The molecule has 9 heteroatoms. The van der Waals surface area contributed by atoms with Gasteiger partial charge in [0.05, 0.1) is 18.4 Å². The van der Waals surface area contributed by atoms with Crippen LogP contribution in [0, 0.1) is 18.8 Å². The predicted octanol–water partition coefficient (Wildman–Crippen LogP) is 2.59. The van der Waals surface area contributed by atoms with Crippen molar-refractivity contribution in [1.29, 1.82) is 0 Å². The second kappa shape index (κ2) is 8.06. The van der Waals surface area contributed by atoms with Gasteiger partial charge in [-0.3, -0.25) is 24.6 Å². The lowest BCUT2D eigenvalue weighted by Gasteiger charge is -2.29. The lowest BCUT2D eigenvalue weighted by Crippen LogP contribution is -2.53. The molecule has 7 rings (SSSR count). The number of anilines is 1. The molecule has 0 radical (unpaired) electrons. The van der Waals surface area contributed by atoms with E-state index in [2.05, 4.69) is 10.6 Å². The number of hydrogen-bond donors (Lipinski definition) is 3. The summed E-state index contributed by atoms with van der Waals surface area (Å²) in [4.78, 5) is 43.0. The molecule has 0 saturated carbocycles. The third kappa shape index (κ3) is 3.18. The third-order valence-corrected chi connectivity index (χ3v) is 8.13. The van der Waals surface area contributed by atoms with Crippen molar-refractivity contribution in [2.45, 2.75) is 31.5 Å². The maximum Gasteiger partial charge on any atom is 0.250 e. The number of likely N-dealkylation sites (tertiary alicyclic amines) is 1. The zero-order valence-electron chi connectivity index (χ0n) is 20.6. The first-order valence-corrected chi connectivity index (χ1v) is 12.6. The van der Waals surface area contributed by atoms with Gasteiger partial charge in [0.15, 0.2) is 11.5 Å². The number of phenols is 1. The van der Waals surface area contributed by atoms with Crippen molar-refractivity contribution in [1.82, 2.24) is 10.2 Å². The average Bonchev–Trinajstić information content (AvgIpc) is 3.63. The lowest BCUT2D eigenvalue weighted by atomic mass is 9.76. The standard InChI is InChI=1S/C29H25N3O6/c1-15-2-8-20-19(10-15)29(28(36)30-20)25-24(21(31-29)11-16-3-6-18(33)7-4-16)26(34)32(27(25)35)13-17-5-9-22-23(12-17)38-14-37-22/h2-10,12,21,24-25,31,33H,11,13-14H2,1H3,(H,30,36)/t21-,24-,25+,29+/m1/s1. The Bertz CT molecular complexity index is 1520. The van der Waals surface area contributed by atoms with Gasteiger partial charge in [0.2, 0.25) is 24.5 Å². The molecular weight excluding hydrogens is 486 g/mol. The fraction of sp³-hybridized carbons (Fsp3) is 0.276. The number of fused-ring (bicyclic) bond motifs is 5. The summed E-state index contributed by atoms with van der Waals surface area (Å²) in [6.07, 6.45) is 0.411. The van der Waals surface area contributed by atoms with E-state index in [1.165, 1.54) is 4.90 Å². The molecule has 3 aromatic rings. The second-order valence-electron chi connectivity index (χ2n) is 10.4. The molecule has 3 N–H and O–H groups in total. The van der Waals surface area contributed by atoms with E-state index in [9.17, 15) is 19.5 Å². The van der Waals surface area contributed by atoms with Crippen LogP contribution in [0.1, 0.15) is 22.3 Å². The number of imide groups is 1. The Hall–Kier alpha value is -4.37. The number of nitrogens with zero attached hydrogens (tertiary/aromatic N) is 1. The third-order valence-electron chi connectivity index (χ3n) is 8.13. The van der Waals surface area contributed by atoms with Gasteiger partial charge >= 0.3 is 0 Å². The molecule has 0 aromatic heterocycles. The number of aryl methyl sites for hydroxylation is 1. The molecule has 2 saturated heterocycles. The van der Waals surface area contributed by atoms with Crippen molar-refractivity contribution >= 4 is 23.4 Å². The molecule has 192 valence electrons. The van der Waals surface area contributed by atoms with Gasteiger partial charge in [-0.25, -0.2) is 0 Å². The zero-order chi connectivity index (χ0) is 26.2. The molecule has 0 bridgehead atoms. The minimum atomic E-state index is -1.36. The molecule has 1 spiro atoms. The van der Waals surface area contributed by atoms with Crippen LogP contribution >= 0.6 is 0 Å². The van der Waals surface area contributed by atoms with Crippen LogP contribution in [0.3, 0.4) is 0 Å². The minimum Gasteiger partial charge on any atom is -0.508 e. The molecule has 2 fully saturated rings. The highest BCUT2D eigenvalue weighted by atomic mass is 16.7. The molecule has 4 heterocycles. The number of rotatable bonds is 4. The van der Waals surface area contributed by atoms with E-state index >= 15 is 0 Å². The normalized spacial score (nSPS) is 26.7. The monoisotopic (exact) mass is 511 g/mol. The SMILES string of the molecule is Cc1ccc2c(c1)[C@@]1(N[C@H](Cc3ccc(O)cc3)[C@H]3C(=O)N(Cc4ccc5c(c4)OCO5)C(=O)[C@H]31)C(=O)N2. The topological polar surface area (TPSA) is 117 Å². The Balaban J connectivity index is 1.30. The number of phenolic OH excluding ortho intramolecular Hbond substituents is 1. The highest BCUT2D eigenvalue weighted by Crippen LogP contribution is 2.53. The van der Waals surface area contributed by atoms with Crippen LogP contribution in [-0.4, -0.2) is 40.6 Å². The second-order valence-corrected chi connectivity index (χ2v) is 10.4. The summed E-state index contributed by atoms with van der Waals surface area (Å²) in [5.41, 5.74) is 2.55. The first kappa shape index (κ1) is 22.8. The number of aromatic hydroxyl groups is 1. The van der Waals surface area contributed by atoms with Crippen LogP contribution in [0.15, 0.2) is 60.7 Å². The molecule has 9 nitrogen and oxygen atoms in total. The van der Waals surface area contributed by atoms with Gasteiger partial charge in [-0.1, -0.05) is 35.9 Å². The minimum absolute atomic E-state index is 0.0750. The summed E-state index contributed by atoms with van der Waals surface area (Å²) in [6, 6.07) is 17.3. The molecule has 4 atom stereocenters. The maximum atomic E-state index is 14.1. The van der Waals surface area contributed by atoms with Crippen molar-refractivity contribution in [3.05, 3.63) is 82.9 Å². The highest BCUT2D eigenvalue weighted by Gasteiger charge is 2.70. The molecule has 38 heavy (non-hydrogen) atoms. The summed E-state index contributed by atoms with van der Waals surface area (Å²) in [5, 5.41) is 16.1. The highest BCUT2D eigenvalue weighted by molar-refractivity contribution is 6.15. The van der Waals surface area contributed by atoms with E-state index < -0.39 is 23.4 Å². The number of benzene rings is 3. The smallest absolute Gasteiger partial charge is 0.250 e. The van der Waals surface area contributed by atoms with Crippen LogP contribution in [0.2, 0.25) is 0 Å². The van der Waals surface area contributed by atoms with Gasteiger partial charge in [0.25, 0.3) is 0 Å². The Kier molecular flexibility index (Phi) is 4.84. The first-order valence-electron chi connectivity index (χ1n) is 12.6. The number of hydrogen-bond acceptors (Lipinski definition) is 7. The van der Waals surface area contributed by atoms with Crippen molar-refractivity contribution in [2.24, 2.45) is 11.8 Å². The summed E-state index contributed by atoms with van der Waals surface area (Å²) in [6.45, 7) is 2.14. The van der Waals surface area contributed by atoms with Crippen molar-refractivity contribution < 1.29 is 29.0 Å². The van der Waals surface area contributed by atoms with Crippen molar-refractivity contribution in [3.63, 3.8) is 0 Å². The zero-order valence-corrected chi connectivity index (χ0v) is 20.6. The fourth-order valence-corrected chi connectivity index (χ4v) is 6.41. The number of carbonyl (C=O) groups excluding carboxylic acids is 3. The molecule has 4 aliphatic heterocycles. The summed E-state index contributed by atoms with van der Waals surface area (Å²) >= 11 is 0. The van der Waals surface area contributed by atoms with E-state index in [-0.39, 0.29) is 36.8 Å². The van der Waals surface area contributed by atoms with Gasteiger partial charge in [0.1, 0.15) is 11.3 Å². The fourth-order valence-electron chi connectivity index (χ4n) is 6.41. The number of amides is 3. The van der Waals surface area contributed by atoms with Gasteiger partial charge in [0, 0.05) is 17.3 Å². The Morgan fingerprint density at radius 2 is 1.71 bits per heavy atom. The molecular formula is C29H25N3O6. The lowest BCUT2D eigenvalue weighted by molar-refractivity contribution is -0.143. The molecule has 3 amide bonds. The van der Waals surface area contributed by atoms with E-state index in [1.807, 2.05) is 31.2 Å². The van der Waals surface area contributed by atoms with E-state index in [1.54, 1.807) is 36.4 Å². The number of carbonyl (C=O) groups is 3. The first-order chi connectivity index (χ1) is 18.3. The van der Waals surface area contributed by atoms with Crippen molar-refractivity contribution in [2.75, 3.05) is 12.1 Å². The van der Waals surface area contributed by atoms with Gasteiger partial charge < -0.3 is 19.9 Å². The molecule has 3 aromatic carbocycles. The van der Waals surface area contributed by atoms with Crippen LogP contribution in [0.5, 0.6) is 17.2 Å². The maximum absolute atomic E-state index is 14.1. The van der Waals surface area contributed by atoms with Crippen LogP contribution in [0.25, 0.3) is 0 Å². The predicted molar refractivity (Wildman–Crippen MR) is 135 cm³/mol. The quantitative estimate of drug-likeness (QED) is 0.461. The molecule has 4 aliphatic rings. The van der Waals surface area contributed by atoms with E-state index in [0.29, 0.717) is 29.2 Å². The van der Waals surface area contributed by atoms with Crippen LogP contribution in [0.4, 0.5) is 5.69 Å². The van der Waals surface area contributed by atoms with Crippen LogP contribution in [-0.2, 0) is 32.9 Å². The average molecular weight is 512 g/mol. The number of nitrogens with one attached hydrogen (secondary N) is 2. The Morgan fingerprint density at radius 1 is 0.947 bits per heavy atom.